The third-order valence-corrected chi connectivity index (χ3v) is 6.62. The summed E-state index contributed by atoms with van der Waals surface area (Å²) in [5.41, 5.74) is 3.49. The summed E-state index contributed by atoms with van der Waals surface area (Å²) < 4.78 is 27.5. The number of carbonyl (C=O) groups excluding carboxylic acids is 1. The maximum Gasteiger partial charge on any atom is 0.240 e. The van der Waals surface area contributed by atoms with Crippen molar-refractivity contribution in [1.82, 2.24) is 9.62 Å². The summed E-state index contributed by atoms with van der Waals surface area (Å²) in [6.07, 6.45) is 0.995. The van der Waals surface area contributed by atoms with Crippen LogP contribution >= 0.6 is 0 Å². The zero-order valence-corrected chi connectivity index (χ0v) is 17.6. The van der Waals surface area contributed by atoms with Gasteiger partial charge in [0.15, 0.2) is 0 Å². The zero-order chi connectivity index (χ0) is 20.4. The van der Waals surface area contributed by atoms with Gasteiger partial charge in [-0.3, -0.25) is 4.79 Å². The molecular weight excluding hydrogens is 372 g/mol. The van der Waals surface area contributed by atoms with Crippen LogP contribution in [0.5, 0.6) is 0 Å². The average molecular weight is 401 g/mol. The van der Waals surface area contributed by atoms with Crippen molar-refractivity contribution in [3.63, 3.8) is 0 Å². The van der Waals surface area contributed by atoms with Crippen molar-refractivity contribution in [3.05, 3.63) is 65.2 Å². The molecule has 0 saturated heterocycles. The van der Waals surface area contributed by atoms with Crippen molar-refractivity contribution in [1.29, 1.82) is 0 Å². The van der Waals surface area contributed by atoms with E-state index in [2.05, 4.69) is 31.6 Å². The largest absolute Gasteiger partial charge is 0.338 e. The predicted octanol–water partition coefficient (Wildman–Crippen LogP) is 3.24. The topological polar surface area (TPSA) is 66.5 Å². The third kappa shape index (κ3) is 4.80. The number of nitrogens with one attached hydrogen (secondary N) is 1. The number of fused-ring (bicyclic) bond motifs is 1. The number of rotatable bonds is 5. The van der Waals surface area contributed by atoms with Gasteiger partial charge in [-0.05, 0) is 40.7 Å². The molecule has 150 valence electrons. The van der Waals surface area contributed by atoms with Crippen LogP contribution in [0.25, 0.3) is 0 Å². The van der Waals surface area contributed by atoms with E-state index in [1.807, 2.05) is 30.3 Å². The molecule has 0 aliphatic carbocycles. The fraction of sp³-hybridized carbons (Fsp3) is 0.409. The van der Waals surface area contributed by atoms with Gasteiger partial charge in [-0.15, -0.1) is 0 Å². The molecule has 1 amide bonds. The second-order valence-corrected chi connectivity index (χ2v) is 10.0. The number of carbonyl (C=O) groups is 1. The smallest absolute Gasteiger partial charge is 0.240 e. The molecule has 1 N–H and O–H groups in total. The van der Waals surface area contributed by atoms with Crippen molar-refractivity contribution in [3.8, 4) is 0 Å². The van der Waals surface area contributed by atoms with E-state index in [9.17, 15) is 13.2 Å². The Kier molecular flexibility index (Phi) is 5.91. The van der Waals surface area contributed by atoms with Gasteiger partial charge in [-0.1, -0.05) is 57.2 Å². The van der Waals surface area contributed by atoms with Gasteiger partial charge in [-0.2, -0.15) is 0 Å². The molecule has 28 heavy (non-hydrogen) atoms. The molecule has 0 saturated carbocycles. The van der Waals surface area contributed by atoms with E-state index in [0.717, 1.165) is 12.0 Å². The number of hydrogen-bond acceptors (Lipinski definition) is 3. The first-order valence-electron chi connectivity index (χ1n) is 9.61. The number of benzene rings is 2. The van der Waals surface area contributed by atoms with Crippen molar-refractivity contribution in [2.45, 2.75) is 50.5 Å². The van der Waals surface area contributed by atoms with Crippen LogP contribution in [0.4, 0.5) is 0 Å². The van der Waals surface area contributed by atoms with E-state index in [-0.39, 0.29) is 29.2 Å². The molecule has 2 aromatic carbocycles. The van der Waals surface area contributed by atoms with E-state index in [4.69, 9.17) is 0 Å². The molecule has 6 heteroatoms. The van der Waals surface area contributed by atoms with E-state index in [0.29, 0.717) is 13.1 Å². The van der Waals surface area contributed by atoms with E-state index < -0.39 is 10.0 Å². The van der Waals surface area contributed by atoms with Crippen molar-refractivity contribution >= 4 is 15.9 Å². The molecule has 3 rings (SSSR count). The van der Waals surface area contributed by atoms with Crippen LogP contribution in [-0.4, -0.2) is 32.3 Å². The van der Waals surface area contributed by atoms with Gasteiger partial charge in [-0.25, -0.2) is 13.1 Å². The van der Waals surface area contributed by atoms with Crippen LogP contribution in [0.2, 0.25) is 0 Å². The summed E-state index contributed by atoms with van der Waals surface area (Å²) >= 11 is 0. The van der Waals surface area contributed by atoms with Gasteiger partial charge in [0.05, 0.1) is 4.90 Å². The fourth-order valence-corrected chi connectivity index (χ4v) is 4.41. The second kappa shape index (κ2) is 8.05. The lowest BCUT2D eigenvalue weighted by Gasteiger charge is -2.29. The Labute approximate surface area is 167 Å². The summed E-state index contributed by atoms with van der Waals surface area (Å²) in [5, 5.41) is 0. The minimum Gasteiger partial charge on any atom is -0.338 e. The standard InChI is InChI=1S/C22H28N2O3S/c1-22(2,3)19-8-10-20(11-9-19)28(26,27)23-14-12-21(25)24-15-13-17-6-4-5-7-18(17)16-24/h4-11,23H,12-16H2,1-3H3. The quantitative estimate of drug-likeness (QED) is 0.838. The molecule has 1 aliphatic rings. The highest BCUT2D eigenvalue weighted by atomic mass is 32.2. The Morgan fingerprint density at radius 1 is 1.04 bits per heavy atom. The third-order valence-electron chi connectivity index (χ3n) is 5.14. The molecule has 2 aromatic rings. The Morgan fingerprint density at radius 3 is 2.32 bits per heavy atom. The predicted molar refractivity (Wildman–Crippen MR) is 111 cm³/mol. The Balaban J connectivity index is 1.55. The summed E-state index contributed by atoms with van der Waals surface area (Å²) in [4.78, 5) is 14.5. The first kappa shape index (κ1) is 20.6. The van der Waals surface area contributed by atoms with Crippen LogP contribution in [0.3, 0.4) is 0 Å². The lowest BCUT2D eigenvalue weighted by molar-refractivity contribution is -0.131. The first-order chi connectivity index (χ1) is 13.2. The molecule has 0 radical (unpaired) electrons. The van der Waals surface area contributed by atoms with E-state index in [1.165, 1.54) is 11.1 Å². The number of sulfonamides is 1. The van der Waals surface area contributed by atoms with Gasteiger partial charge >= 0.3 is 0 Å². The van der Waals surface area contributed by atoms with Gasteiger partial charge in [0.2, 0.25) is 15.9 Å². The first-order valence-corrected chi connectivity index (χ1v) is 11.1. The van der Waals surface area contributed by atoms with E-state index >= 15 is 0 Å². The highest BCUT2D eigenvalue weighted by Gasteiger charge is 2.21. The normalized spacial score (nSPS) is 14.6. The number of nitrogens with zero attached hydrogens (tertiary/aromatic N) is 1. The number of hydrogen-bond donors (Lipinski definition) is 1. The van der Waals surface area contributed by atoms with E-state index in [1.54, 1.807) is 17.0 Å². The van der Waals surface area contributed by atoms with Crippen LogP contribution in [0.15, 0.2) is 53.4 Å². The van der Waals surface area contributed by atoms with Crippen molar-refractivity contribution in [2.24, 2.45) is 0 Å². The minimum absolute atomic E-state index is 0.0275. The van der Waals surface area contributed by atoms with Gasteiger partial charge in [0.1, 0.15) is 0 Å². The summed E-state index contributed by atoms with van der Waals surface area (Å²) in [5.74, 6) is -0.0275. The average Bonchev–Trinajstić information content (AvgIpc) is 2.67. The molecule has 1 aliphatic heterocycles. The van der Waals surface area contributed by atoms with Gasteiger partial charge < -0.3 is 4.90 Å². The maximum absolute atomic E-state index is 12.5. The van der Waals surface area contributed by atoms with Crippen LogP contribution in [0.1, 0.15) is 43.9 Å². The lowest BCUT2D eigenvalue weighted by Crippen LogP contribution is -2.38. The van der Waals surface area contributed by atoms with Crippen molar-refractivity contribution < 1.29 is 13.2 Å². The highest BCUT2D eigenvalue weighted by molar-refractivity contribution is 7.89. The Hall–Kier alpha value is -2.18. The Morgan fingerprint density at radius 2 is 1.68 bits per heavy atom. The molecule has 5 nitrogen and oxygen atoms in total. The SMILES string of the molecule is CC(C)(C)c1ccc(S(=O)(=O)NCCC(=O)N2CCc3ccccc3C2)cc1. The number of amides is 1. The lowest BCUT2D eigenvalue weighted by atomic mass is 9.87. The molecule has 0 unspecified atom stereocenters. The minimum atomic E-state index is -3.62. The summed E-state index contributed by atoms with van der Waals surface area (Å²) in [6, 6.07) is 15.0. The highest BCUT2D eigenvalue weighted by Crippen LogP contribution is 2.23. The molecule has 0 spiro atoms. The maximum atomic E-state index is 12.5. The second-order valence-electron chi connectivity index (χ2n) is 8.26. The molecule has 0 bridgehead atoms. The molecule has 1 heterocycles. The summed E-state index contributed by atoms with van der Waals surface area (Å²) in [6.45, 7) is 7.62. The van der Waals surface area contributed by atoms with Crippen LogP contribution < -0.4 is 4.72 Å². The monoisotopic (exact) mass is 400 g/mol. The van der Waals surface area contributed by atoms with Crippen LogP contribution in [-0.2, 0) is 33.2 Å². The fourth-order valence-electron chi connectivity index (χ4n) is 3.38. The van der Waals surface area contributed by atoms with Gasteiger partial charge in [0.25, 0.3) is 0 Å². The zero-order valence-electron chi connectivity index (χ0n) is 16.7. The van der Waals surface area contributed by atoms with Crippen LogP contribution in [0, 0.1) is 0 Å². The van der Waals surface area contributed by atoms with Gasteiger partial charge in [0, 0.05) is 26.1 Å². The molecular formula is C22H28N2O3S. The van der Waals surface area contributed by atoms with Crippen molar-refractivity contribution in [2.75, 3.05) is 13.1 Å². The molecule has 0 fully saturated rings. The molecule has 0 atom stereocenters. The summed E-state index contributed by atoms with van der Waals surface area (Å²) in [7, 11) is -3.62. The molecule has 0 aromatic heterocycles. The Bertz CT molecular complexity index is 944.